The van der Waals surface area contributed by atoms with Gasteiger partial charge in [0.1, 0.15) is 5.75 Å². The Morgan fingerprint density at radius 2 is 1.72 bits per heavy atom. The van der Waals surface area contributed by atoms with Crippen LogP contribution in [0.3, 0.4) is 0 Å². The van der Waals surface area contributed by atoms with Gasteiger partial charge in [-0.3, -0.25) is 4.98 Å². The van der Waals surface area contributed by atoms with Gasteiger partial charge in [0.15, 0.2) is 0 Å². The van der Waals surface area contributed by atoms with Crippen LogP contribution in [0.2, 0.25) is 0 Å². The Hall–Kier alpha value is -2.10. The third-order valence-electron chi connectivity index (χ3n) is 2.95. The first-order chi connectivity index (χ1) is 8.47. The van der Waals surface area contributed by atoms with E-state index in [1.54, 1.807) is 6.20 Å². The first kappa shape index (κ1) is 12.4. The summed E-state index contributed by atoms with van der Waals surface area (Å²) in [7, 11) is 0. The zero-order chi connectivity index (χ0) is 13.3. The minimum Gasteiger partial charge on any atom is -0.437 e. The highest BCUT2D eigenvalue weighted by Crippen LogP contribution is 2.27. The van der Waals surface area contributed by atoms with Gasteiger partial charge in [0, 0.05) is 5.69 Å². The molecule has 0 saturated heterocycles. The molecule has 1 heterocycles. The number of nitrogens with zero attached hydrogens (tertiary/aromatic N) is 2. The maximum Gasteiger partial charge on any atom is 0.238 e. The summed E-state index contributed by atoms with van der Waals surface area (Å²) in [6.45, 7) is 7.74. The normalized spacial score (nSPS) is 10.4. The lowest BCUT2D eigenvalue weighted by molar-refractivity contribution is 0.454. The molecule has 0 bridgehead atoms. The Morgan fingerprint density at radius 3 is 2.39 bits per heavy atom. The van der Waals surface area contributed by atoms with Crippen molar-refractivity contribution in [1.29, 1.82) is 0 Å². The second-order valence-corrected chi connectivity index (χ2v) is 4.46. The lowest BCUT2D eigenvalue weighted by atomic mass is 10.1. The van der Waals surface area contributed by atoms with E-state index in [2.05, 4.69) is 9.97 Å². The van der Waals surface area contributed by atoms with Crippen molar-refractivity contribution in [3.8, 4) is 11.6 Å². The fraction of sp³-hybridized carbons (Fsp3) is 0.286. The van der Waals surface area contributed by atoms with Gasteiger partial charge >= 0.3 is 0 Å². The number of benzene rings is 1. The lowest BCUT2D eigenvalue weighted by Gasteiger charge is -2.11. The molecule has 4 heteroatoms. The third kappa shape index (κ3) is 2.42. The van der Waals surface area contributed by atoms with E-state index in [0.29, 0.717) is 5.88 Å². The van der Waals surface area contributed by atoms with Crippen LogP contribution in [-0.4, -0.2) is 9.97 Å². The fourth-order valence-corrected chi connectivity index (χ4v) is 1.60. The number of nitrogens with two attached hydrogens (primary N) is 1. The highest BCUT2D eigenvalue weighted by molar-refractivity contribution is 5.54. The second-order valence-electron chi connectivity index (χ2n) is 4.46. The molecule has 0 radical (unpaired) electrons. The average Bonchev–Trinajstić information content (AvgIpc) is 2.31. The molecule has 0 atom stereocenters. The Bertz CT molecular complexity index is 594. The van der Waals surface area contributed by atoms with Gasteiger partial charge in [0.2, 0.25) is 5.88 Å². The zero-order valence-corrected chi connectivity index (χ0v) is 11.1. The summed E-state index contributed by atoms with van der Waals surface area (Å²) in [4.78, 5) is 8.58. The molecule has 2 rings (SSSR count). The van der Waals surface area contributed by atoms with Gasteiger partial charge in [-0.1, -0.05) is 0 Å². The quantitative estimate of drug-likeness (QED) is 0.823. The van der Waals surface area contributed by atoms with Gasteiger partial charge in [0.05, 0.1) is 17.6 Å². The van der Waals surface area contributed by atoms with E-state index in [-0.39, 0.29) is 0 Å². The van der Waals surface area contributed by atoms with Crippen LogP contribution >= 0.6 is 0 Å². The van der Waals surface area contributed by atoms with Crippen LogP contribution in [0.25, 0.3) is 0 Å². The lowest BCUT2D eigenvalue weighted by Crippen LogP contribution is -1.98. The fourth-order valence-electron chi connectivity index (χ4n) is 1.60. The van der Waals surface area contributed by atoms with Crippen molar-refractivity contribution >= 4 is 5.69 Å². The smallest absolute Gasteiger partial charge is 0.238 e. The minimum atomic E-state index is 0.505. The molecule has 2 aromatic rings. The summed E-state index contributed by atoms with van der Waals surface area (Å²) in [5, 5.41) is 0. The molecule has 4 nitrogen and oxygen atoms in total. The maximum absolute atomic E-state index is 5.84. The molecule has 0 amide bonds. The van der Waals surface area contributed by atoms with Crippen molar-refractivity contribution in [2.24, 2.45) is 0 Å². The van der Waals surface area contributed by atoms with Crippen LogP contribution in [-0.2, 0) is 0 Å². The molecule has 0 spiro atoms. The number of hydrogen-bond donors (Lipinski definition) is 1. The van der Waals surface area contributed by atoms with Crippen LogP contribution in [0.5, 0.6) is 11.6 Å². The first-order valence-electron chi connectivity index (χ1n) is 5.82. The highest BCUT2D eigenvalue weighted by Gasteiger charge is 2.07. The molecule has 0 aliphatic rings. The number of aromatic nitrogens is 2. The number of nitrogen functional groups attached to an aromatic ring is 1. The summed E-state index contributed by atoms with van der Waals surface area (Å²) >= 11 is 0. The standard InChI is InChI=1S/C14H17N3O/c1-8-6-13(9(2)5-12(8)15)18-14-7-16-10(3)11(4)17-14/h5-7H,15H2,1-4H3. The summed E-state index contributed by atoms with van der Waals surface area (Å²) in [6.07, 6.45) is 1.63. The van der Waals surface area contributed by atoms with Crippen molar-refractivity contribution in [1.82, 2.24) is 9.97 Å². The van der Waals surface area contributed by atoms with Gasteiger partial charge < -0.3 is 10.5 Å². The van der Waals surface area contributed by atoms with E-state index in [0.717, 1.165) is 34.0 Å². The number of aryl methyl sites for hydroxylation is 4. The Morgan fingerprint density at radius 1 is 1.00 bits per heavy atom. The predicted molar refractivity (Wildman–Crippen MR) is 71.9 cm³/mol. The Balaban J connectivity index is 2.34. The molecule has 18 heavy (non-hydrogen) atoms. The molecule has 0 aliphatic carbocycles. The molecule has 1 aromatic carbocycles. The van der Waals surface area contributed by atoms with E-state index in [9.17, 15) is 0 Å². The van der Waals surface area contributed by atoms with Gasteiger partial charge in [-0.05, 0) is 51.0 Å². The van der Waals surface area contributed by atoms with Gasteiger partial charge in [-0.2, -0.15) is 0 Å². The Kier molecular flexibility index (Phi) is 3.19. The molecule has 2 N–H and O–H groups in total. The molecular weight excluding hydrogens is 226 g/mol. The highest BCUT2D eigenvalue weighted by atomic mass is 16.5. The molecule has 94 valence electrons. The number of ether oxygens (including phenoxy) is 1. The average molecular weight is 243 g/mol. The third-order valence-corrected chi connectivity index (χ3v) is 2.95. The van der Waals surface area contributed by atoms with E-state index in [4.69, 9.17) is 10.5 Å². The maximum atomic E-state index is 5.84. The van der Waals surface area contributed by atoms with Crippen molar-refractivity contribution in [2.75, 3.05) is 5.73 Å². The summed E-state index contributed by atoms with van der Waals surface area (Å²) in [6, 6.07) is 3.82. The predicted octanol–water partition coefficient (Wildman–Crippen LogP) is 3.08. The first-order valence-corrected chi connectivity index (χ1v) is 5.82. The SMILES string of the molecule is Cc1cc(Oc2cnc(C)c(C)n2)c(C)cc1N. The minimum absolute atomic E-state index is 0.505. The summed E-state index contributed by atoms with van der Waals surface area (Å²) < 4.78 is 5.75. The van der Waals surface area contributed by atoms with Crippen molar-refractivity contribution in [3.05, 3.63) is 40.8 Å². The summed E-state index contributed by atoms with van der Waals surface area (Å²) in [5.74, 6) is 1.27. The molecule has 1 aromatic heterocycles. The topological polar surface area (TPSA) is 61.0 Å². The largest absolute Gasteiger partial charge is 0.437 e. The summed E-state index contributed by atoms with van der Waals surface area (Å²) in [5.41, 5.74) is 10.4. The molecule has 0 saturated carbocycles. The number of hydrogen-bond acceptors (Lipinski definition) is 4. The van der Waals surface area contributed by atoms with Crippen LogP contribution < -0.4 is 10.5 Å². The van der Waals surface area contributed by atoms with Gasteiger partial charge in [-0.25, -0.2) is 4.98 Å². The molecule has 0 fully saturated rings. The van der Waals surface area contributed by atoms with Crippen molar-refractivity contribution in [3.63, 3.8) is 0 Å². The Labute approximate surface area is 107 Å². The zero-order valence-electron chi connectivity index (χ0n) is 11.1. The molecule has 0 aliphatic heterocycles. The second kappa shape index (κ2) is 4.64. The van der Waals surface area contributed by atoms with Crippen molar-refractivity contribution in [2.45, 2.75) is 27.7 Å². The number of rotatable bonds is 2. The van der Waals surface area contributed by atoms with Crippen molar-refractivity contribution < 1.29 is 4.74 Å². The number of anilines is 1. The van der Waals surface area contributed by atoms with Crippen LogP contribution in [0.4, 0.5) is 5.69 Å². The van der Waals surface area contributed by atoms with Crippen LogP contribution in [0.15, 0.2) is 18.3 Å². The van der Waals surface area contributed by atoms with E-state index < -0.39 is 0 Å². The van der Waals surface area contributed by atoms with Crippen LogP contribution in [0.1, 0.15) is 22.5 Å². The molecule has 0 unspecified atom stereocenters. The van der Waals surface area contributed by atoms with E-state index in [1.165, 1.54) is 0 Å². The van der Waals surface area contributed by atoms with Crippen LogP contribution in [0, 0.1) is 27.7 Å². The molecular formula is C14H17N3O. The monoisotopic (exact) mass is 243 g/mol. The van der Waals surface area contributed by atoms with E-state index in [1.807, 2.05) is 39.8 Å². The van der Waals surface area contributed by atoms with Gasteiger partial charge in [0.25, 0.3) is 0 Å². The van der Waals surface area contributed by atoms with E-state index >= 15 is 0 Å². The van der Waals surface area contributed by atoms with Gasteiger partial charge in [-0.15, -0.1) is 0 Å².